The van der Waals surface area contributed by atoms with Crippen LogP contribution in [0.2, 0.25) is 0 Å². The van der Waals surface area contributed by atoms with Crippen molar-refractivity contribution in [1.29, 1.82) is 0 Å². The van der Waals surface area contributed by atoms with Gasteiger partial charge >= 0.3 is 6.18 Å². The molecule has 0 amide bonds. The molecule has 1 aromatic rings. The zero-order chi connectivity index (χ0) is 13.9. The fraction of sp³-hybridized carbons (Fsp3) is 0.667. The first-order valence-electron chi connectivity index (χ1n) is 6.30. The van der Waals surface area contributed by atoms with E-state index in [0.717, 1.165) is 25.5 Å². The Morgan fingerprint density at radius 3 is 2.95 bits per heavy atom. The van der Waals surface area contributed by atoms with Gasteiger partial charge in [0.1, 0.15) is 5.69 Å². The number of aromatic nitrogens is 2. The summed E-state index contributed by atoms with van der Waals surface area (Å²) in [5.74, 6) is 0.604. The topological polar surface area (TPSA) is 41.0 Å². The Balaban J connectivity index is 2.13. The van der Waals surface area contributed by atoms with Gasteiger partial charge in [-0.25, -0.2) is 9.97 Å². The maximum atomic E-state index is 12.6. The summed E-state index contributed by atoms with van der Waals surface area (Å²) >= 11 is 0. The van der Waals surface area contributed by atoms with Crippen LogP contribution in [0.25, 0.3) is 0 Å². The third-order valence-electron chi connectivity index (χ3n) is 3.23. The molecule has 19 heavy (non-hydrogen) atoms. The molecule has 0 radical (unpaired) electrons. The summed E-state index contributed by atoms with van der Waals surface area (Å²) in [6.07, 6.45) is -1.22. The molecular formula is C12H17F3N4. The second-order valence-electron chi connectivity index (χ2n) is 4.75. The quantitative estimate of drug-likeness (QED) is 0.914. The molecule has 4 nitrogen and oxygen atoms in total. The number of anilines is 1. The van der Waals surface area contributed by atoms with Gasteiger partial charge in [-0.2, -0.15) is 13.2 Å². The van der Waals surface area contributed by atoms with E-state index in [1.165, 1.54) is 6.20 Å². The first-order valence-corrected chi connectivity index (χ1v) is 6.30. The zero-order valence-electron chi connectivity index (χ0n) is 10.7. The normalized spacial score (nSPS) is 20.6. The summed E-state index contributed by atoms with van der Waals surface area (Å²) in [6, 6.07) is 0.901. The maximum absolute atomic E-state index is 12.6. The highest BCUT2D eigenvalue weighted by Crippen LogP contribution is 2.29. The summed E-state index contributed by atoms with van der Waals surface area (Å²) < 4.78 is 37.8. The minimum Gasteiger partial charge on any atom is -0.340 e. The van der Waals surface area contributed by atoms with Crippen LogP contribution >= 0.6 is 0 Å². The third-order valence-corrected chi connectivity index (χ3v) is 3.23. The van der Waals surface area contributed by atoms with Crippen LogP contribution in [0.4, 0.5) is 19.1 Å². The van der Waals surface area contributed by atoms with E-state index in [1.54, 1.807) is 0 Å². The van der Waals surface area contributed by atoms with Crippen LogP contribution in [-0.4, -0.2) is 36.6 Å². The number of nitrogens with one attached hydrogen (secondary N) is 1. The molecule has 2 rings (SSSR count). The number of piperidine rings is 1. The summed E-state index contributed by atoms with van der Waals surface area (Å²) in [6.45, 7) is 2.26. The number of hydrogen-bond donors (Lipinski definition) is 1. The van der Waals surface area contributed by atoms with E-state index < -0.39 is 11.9 Å². The highest BCUT2D eigenvalue weighted by Gasteiger charge is 2.33. The van der Waals surface area contributed by atoms with Crippen molar-refractivity contribution in [3.8, 4) is 0 Å². The molecule has 0 spiro atoms. The average Bonchev–Trinajstić information content (AvgIpc) is 2.39. The minimum atomic E-state index is -4.42. The molecule has 7 heteroatoms. The van der Waals surface area contributed by atoms with Gasteiger partial charge in [-0.15, -0.1) is 0 Å². The van der Waals surface area contributed by atoms with Crippen molar-refractivity contribution in [2.75, 3.05) is 31.6 Å². The van der Waals surface area contributed by atoms with Gasteiger partial charge in [-0.3, -0.25) is 0 Å². The molecule has 2 heterocycles. The van der Waals surface area contributed by atoms with Crippen LogP contribution in [0.1, 0.15) is 18.5 Å². The zero-order valence-corrected chi connectivity index (χ0v) is 10.7. The number of nitrogens with zero attached hydrogens (tertiary/aromatic N) is 3. The van der Waals surface area contributed by atoms with Crippen LogP contribution in [-0.2, 0) is 6.18 Å². The third kappa shape index (κ3) is 3.56. The highest BCUT2D eigenvalue weighted by molar-refractivity contribution is 5.31. The molecule has 1 atom stereocenters. The van der Waals surface area contributed by atoms with Gasteiger partial charge in [-0.05, 0) is 38.4 Å². The molecule has 1 fully saturated rings. The predicted octanol–water partition coefficient (Wildman–Crippen LogP) is 1.93. The highest BCUT2D eigenvalue weighted by atomic mass is 19.4. The Labute approximate surface area is 110 Å². The van der Waals surface area contributed by atoms with E-state index >= 15 is 0 Å². The lowest BCUT2D eigenvalue weighted by molar-refractivity contribution is -0.141. The largest absolute Gasteiger partial charge is 0.433 e. The first kappa shape index (κ1) is 14.0. The van der Waals surface area contributed by atoms with Gasteiger partial charge in [0.05, 0.1) is 0 Å². The van der Waals surface area contributed by atoms with Crippen LogP contribution in [0.5, 0.6) is 0 Å². The Hall–Kier alpha value is -1.37. The Bertz CT molecular complexity index is 420. The molecule has 1 saturated heterocycles. The minimum absolute atomic E-state index is 0.177. The van der Waals surface area contributed by atoms with Gasteiger partial charge in [0, 0.05) is 19.3 Å². The smallest absolute Gasteiger partial charge is 0.340 e. The van der Waals surface area contributed by atoms with Gasteiger partial charge in [-0.1, -0.05) is 0 Å². The number of rotatable bonds is 3. The number of halogens is 3. The van der Waals surface area contributed by atoms with Gasteiger partial charge in [0.25, 0.3) is 0 Å². The second-order valence-corrected chi connectivity index (χ2v) is 4.75. The van der Waals surface area contributed by atoms with E-state index in [2.05, 4.69) is 15.3 Å². The molecule has 0 aromatic carbocycles. The molecule has 0 aliphatic carbocycles. The standard InChI is InChI=1S/C12H17F3N4/c1-16-7-9-3-2-6-19(8-9)11-17-5-4-10(18-11)12(13,14)15/h4-5,9,16H,2-3,6-8H2,1H3. The number of alkyl halides is 3. The lowest BCUT2D eigenvalue weighted by Crippen LogP contribution is -2.40. The molecule has 1 unspecified atom stereocenters. The maximum Gasteiger partial charge on any atom is 0.433 e. The van der Waals surface area contributed by atoms with E-state index in [1.807, 2.05) is 11.9 Å². The van der Waals surface area contributed by atoms with Gasteiger partial charge in [0.2, 0.25) is 5.95 Å². The molecule has 1 N–H and O–H groups in total. The van der Waals surface area contributed by atoms with E-state index in [-0.39, 0.29) is 5.95 Å². The van der Waals surface area contributed by atoms with E-state index in [4.69, 9.17) is 0 Å². The van der Waals surface area contributed by atoms with Crippen LogP contribution in [0.3, 0.4) is 0 Å². The van der Waals surface area contributed by atoms with Crippen LogP contribution in [0, 0.1) is 5.92 Å². The monoisotopic (exact) mass is 274 g/mol. The van der Waals surface area contributed by atoms with Crippen molar-refractivity contribution < 1.29 is 13.2 Å². The SMILES string of the molecule is CNCC1CCCN(c2nccc(C(F)(F)F)n2)C1. The molecule has 1 aromatic heterocycles. The lowest BCUT2D eigenvalue weighted by Gasteiger charge is -2.32. The predicted molar refractivity (Wildman–Crippen MR) is 65.9 cm³/mol. The van der Waals surface area contributed by atoms with Gasteiger partial charge in [0.15, 0.2) is 0 Å². The van der Waals surface area contributed by atoms with E-state index in [0.29, 0.717) is 19.0 Å². The van der Waals surface area contributed by atoms with Gasteiger partial charge < -0.3 is 10.2 Å². The van der Waals surface area contributed by atoms with Crippen molar-refractivity contribution in [2.45, 2.75) is 19.0 Å². The Morgan fingerprint density at radius 1 is 1.47 bits per heavy atom. The average molecular weight is 274 g/mol. The van der Waals surface area contributed by atoms with Crippen LogP contribution in [0.15, 0.2) is 12.3 Å². The summed E-state index contributed by atoms with van der Waals surface area (Å²) in [5, 5.41) is 3.10. The van der Waals surface area contributed by atoms with E-state index in [9.17, 15) is 13.2 Å². The van der Waals surface area contributed by atoms with Crippen molar-refractivity contribution in [1.82, 2.24) is 15.3 Å². The summed E-state index contributed by atoms with van der Waals surface area (Å²) in [5.41, 5.74) is -0.881. The molecule has 0 saturated carbocycles. The number of hydrogen-bond acceptors (Lipinski definition) is 4. The Kier molecular flexibility index (Phi) is 4.24. The Morgan fingerprint density at radius 2 is 2.26 bits per heavy atom. The van der Waals surface area contributed by atoms with Crippen molar-refractivity contribution >= 4 is 5.95 Å². The van der Waals surface area contributed by atoms with Crippen LogP contribution < -0.4 is 10.2 Å². The molecule has 1 aliphatic rings. The molecule has 106 valence electrons. The van der Waals surface area contributed by atoms with Crippen molar-refractivity contribution in [2.24, 2.45) is 5.92 Å². The molecule has 0 bridgehead atoms. The molecular weight excluding hydrogens is 257 g/mol. The fourth-order valence-corrected chi connectivity index (χ4v) is 2.36. The second kappa shape index (κ2) is 5.73. The van der Waals surface area contributed by atoms with Crippen molar-refractivity contribution in [3.05, 3.63) is 18.0 Å². The van der Waals surface area contributed by atoms with Crippen molar-refractivity contribution in [3.63, 3.8) is 0 Å². The summed E-state index contributed by atoms with van der Waals surface area (Å²) in [7, 11) is 1.87. The fourth-order valence-electron chi connectivity index (χ4n) is 2.36. The molecule has 1 aliphatic heterocycles. The lowest BCUT2D eigenvalue weighted by atomic mass is 9.98. The first-order chi connectivity index (χ1) is 9.00. The summed E-state index contributed by atoms with van der Waals surface area (Å²) in [4.78, 5) is 9.43.